The fourth-order valence-electron chi connectivity index (χ4n) is 1.12. The zero-order chi connectivity index (χ0) is 11.3. The van der Waals surface area contributed by atoms with Gasteiger partial charge in [-0.15, -0.1) is 0 Å². The number of benzene rings is 1. The van der Waals surface area contributed by atoms with E-state index in [-0.39, 0.29) is 5.91 Å². The highest BCUT2D eigenvalue weighted by atomic mass is 16.2. The van der Waals surface area contributed by atoms with Gasteiger partial charge in [0.25, 0.3) is 0 Å². The van der Waals surface area contributed by atoms with Crippen LogP contribution in [0.15, 0.2) is 24.3 Å². The molecule has 0 aliphatic heterocycles. The predicted molar refractivity (Wildman–Crippen MR) is 58.3 cm³/mol. The van der Waals surface area contributed by atoms with Crippen molar-refractivity contribution in [3.63, 3.8) is 0 Å². The van der Waals surface area contributed by atoms with Gasteiger partial charge in [-0.1, -0.05) is 0 Å². The van der Waals surface area contributed by atoms with Gasteiger partial charge >= 0.3 is 0 Å². The molecule has 0 radical (unpaired) electrons. The highest BCUT2D eigenvalue weighted by molar-refractivity contribution is 5.92. The van der Waals surface area contributed by atoms with Crippen LogP contribution in [0.1, 0.15) is 5.56 Å². The summed E-state index contributed by atoms with van der Waals surface area (Å²) in [6, 6.07) is 8.79. The first kappa shape index (κ1) is 11.2. The Labute approximate surface area is 89.1 Å². The van der Waals surface area contributed by atoms with E-state index in [1.54, 1.807) is 29.2 Å². The summed E-state index contributed by atoms with van der Waals surface area (Å²) in [5, 5.41) is 11.3. The van der Waals surface area contributed by atoms with Gasteiger partial charge in [-0.05, 0) is 38.4 Å². The zero-order valence-electron chi connectivity index (χ0n) is 8.82. The summed E-state index contributed by atoms with van der Waals surface area (Å²) >= 11 is 0. The number of nitrogens with one attached hydrogen (secondary N) is 1. The van der Waals surface area contributed by atoms with E-state index in [1.165, 1.54) is 0 Å². The predicted octanol–water partition coefficient (Wildman–Crippen LogP) is 1.06. The fraction of sp³-hybridized carbons (Fsp3) is 0.273. The lowest BCUT2D eigenvalue weighted by molar-refractivity contribution is -0.116. The molecule has 4 nitrogen and oxygen atoms in total. The molecule has 0 saturated heterocycles. The molecule has 0 atom stereocenters. The molecule has 0 aliphatic carbocycles. The van der Waals surface area contributed by atoms with Gasteiger partial charge in [0.2, 0.25) is 5.91 Å². The minimum Gasteiger partial charge on any atom is -0.325 e. The minimum absolute atomic E-state index is 0.0651. The monoisotopic (exact) mass is 203 g/mol. The lowest BCUT2D eigenvalue weighted by atomic mass is 10.2. The summed E-state index contributed by atoms with van der Waals surface area (Å²) in [4.78, 5) is 13.2. The Morgan fingerprint density at radius 1 is 1.40 bits per heavy atom. The van der Waals surface area contributed by atoms with E-state index in [9.17, 15) is 4.79 Å². The van der Waals surface area contributed by atoms with Gasteiger partial charge in [0.1, 0.15) is 0 Å². The Morgan fingerprint density at radius 2 is 2.00 bits per heavy atom. The summed E-state index contributed by atoms with van der Waals surface area (Å²) in [5.41, 5.74) is 1.29. The van der Waals surface area contributed by atoms with E-state index in [4.69, 9.17) is 5.26 Å². The van der Waals surface area contributed by atoms with Crippen LogP contribution in [-0.4, -0.2) is 31.4 Å². The highest BCUT2D eigenvalue weighted by Crippen LogP contribution is 2.08. The van der Waals surface area contributed by atoms with E-state index in [0.29, 0.717) is 17.8 Å². The maximum Gasteiger partial charge on any atom is 0.238 e. The molecule has 0 spiro atoms. The molecule has 1 amide bonds. The molecule has 1 aromatic rings. The largest absolute Gasteiger partial charge is 0.325 e. The van der Waals surface area contributed by atoms with Gasteiger partial charge < -0.3 is 10.2 Å². The molecule has 0 fully saturated rings. The second-order valence-corrected chi connectivity index (χ2v) is 3.48. The first-order chi connectivity index (χ1) is 7.11. The average molecular weight is 203 g/mol. The number of hydrogen-bond donors (Lipinski definition) is 1. The van der Waals surface area contributed by atoms with Gasteiger partial charge in [-0.3, -0.25) is 4.79 Å². The molecule has 78 valence electrons. The molecule has 0 aromatic heterocycles. The van der Waals surface area contributed by atoms with Crippen LogP contribution in [0, 0.1) is 11.3 Å². The summed E-state index contributed by atoms with van der Waals surface area (Å²) in [5.74, 6) is -0.0651. The Kier molecular flexibility index (Phi) is 3.83. The van der Waals surface area contributed by atoms with Gasteiger partial charge in [-0.25, -0.2) is 0 Å². The zero-order valence-corrected chi connectivity index (χ0v) is 8.82. The van der Waals surface area contributed by atoms with Crippen LogP contribution in [0.4, 0.5) is 5.69 Å². The first-order valence-electron chi connectivity index (χ1n) is 4.56. The molecular formula is C11H13N3O. The summed E-state index contributed by atoms with van der Waals surface area (Å²) < 4.78 is 0. The third-order valence-electron chi connectivity index (χ3n) is 1.76. The maximum absolute atomic E-state index is 11.4. The molecule has 0 unspecified atom stereocenters. The van der Waals surface area contributed by atoms with Crippen molar-refractivity contribution in [2.75, 3.05) is 26.0 Å². The van der Waals surface area contributed by atoms with Crippen molar-refractivity contribution in [2.45, 2.75) is 0 Å². The van der Waals surface area contributed by atoms with E-state index in [2.05, 4.69) is 5.32 Å². The lowest BCUT2D eigenvalue weighted by Crippen LogP contribution is -2.27. The summed E-state index contributed by atoms with van der Waals surface area (Å²) in [6.45, 7) is 0.347. The number of nitriles is 1. The molecule has 0 heterocycles. The van der Waals surface area contributed by atoms with E-state index in [1.807, 2.05) is 20.2 Å². The maximum atomic E-state index is 11.4. The summed E-state index contributed by atoms with van der Waals surface area (Å²) in [7, 11) is 3.66. The molecule has 15 heavy (non-hydrogen) atoms. The highest BCUT2D eigenvalue weighted by Gasteiger charge is 2.02. The molecule has 0 saturated carbocycles. The van der Waals surface area contributed by atoms with Crippen LogP contribution >= 0.6 is 0 Å². The number of rotatable bonds is 3. The third kappa shape index (κ3) is 3.79. The number of likely N-dealkylation sites (N-methyl/N-ethyl adjacent to an activating group) is 1. The number of anilines is 1. The molecular weight excluding hydrogens is 190 g/mol. The topological polar surface area (TPSA) is 56.1 Å². The fourth-order valence-corrected chi connectivity index (χ4v) is 1.12. The van der Waals surface area contributed by atoms with E-state index in [0.717, 1.165) is 0 Å². The standard InChI is InChI=1S/C11H13N3O/c1-14(2)8-11(15)13-10-5-3-9(7-12)4-6-10/h3-6H,8H2,1-2H3,(H,13,15). The Bertz CT molecular complexity index is 376. The Morgan fingerprint density at radius 3 is 2.47 bits per heavy atom. The van der Waals surface area contributed by atoms with Crippen molar-refractivity contribution in [2.24, 2.45) is 0 Å². The van der Waals surface area contributed by atoms with Gasteiger partial charge in [0.15, 0.2) is 0 Å². The van der Waals surface area contributed by atoms with E-state index >= 15 is 0 Å². The number of hydrogen-bond acceptors (Lipinski definition) is 3. The van der Waals surface area contributed by atoms with Gasteiger partial charge in [0.05, 0.1) is 18.2 Å². The molecule has 1 N–H and O–H groups in total. The van der Waals surface area contributed by atoms with Crippen molar-refractivity contribution >= 4 is 11.6 Å². The quantitative estimate of drug-likeness (QED) is 0.799. The third-order valence-corrected chi connectivity index (χ3v) is 1.76. The molecule has 1 aromatic carbocycles. The molecule has 0 bridgehead atoms. The first-order valence-corrected chi connectivity index (χ1v) is 4.56. The van der Waals surface area contributed by atoms with Crippen molar-refractivity contribution in [1.29, 1.82) is 5.26 Å². The van der Waals surface area contributed by atoms with Gasteiger partial charge in [0, 0.05) is 5.69 Å². The second kappa shape index (κ2) is 5.13. The number of carbonyl (C=O) groups excluding carboxylic acids is 1. The molecule has 0 aliphatic rings. The van der Waals surface area contributed by atoms with Crippen LogP contribution < -0.4 is 5.32 Å². The van der Waals surface area contributed by atoms with Crippen LogP contribution in [0.2, 0.25) is 0 Å². The normalized spacial score (nSPS) is 9.73. The second-order valence-electron chi connectivity index (χ2n) is 3.48. The number of amides is 1. The van der Waals surface area contributed by atoms with Gasteiger partial charge in [-0.2, -0.15) is 5.26 Å². The van der Waals surface area contributed by atoms with Crippen molar-refractivity contribution in [3.05, 3.63) is 29.8 Å². The van der Waals surface area contributed by atoms with Crippen LogP contribution in [0.25, 0.3) is 0 Å². The van der Waals surface area contributed by atoms with Crippen molar-refractivity contribution < 1.29 is 4.79 Å². The number of nitrogens with zero attached hydrogens (tertiary/aromatic N) is 2. The Balaban J connectivity index is 2.58. The Hall–Kier alpha value is -1.86. The smallest absolute Gasteiger partial charge is 0.238 e. The molecule has 4 heteroatoms. The SMILES string of the molecule is CN(C)CC(=O)Nc1ccc(C#N)cc1. The minimum atomic E-state index is -0.0651. The average Bonchev–Trinajstić information content (AvgIpc) is 2.17. The summed E-state index contributed by atoms with van der Waals surface area (Å²) in [6.07, 6.45) is 0. The lowest BCUT2D eigenvalue weighted by Gasteiger charge is -2.09. The van der Waals surface area contributed by atoms with Crippen LogP contribution in [0.3, 0.4) is 0 Å². The van der Waals surface area contributed by atoms with E-state index < -0.39 is 0 Å². The van der Waals surface area contributed by atoms with Crippen molar-refractivity contribution in [3.8, 4) is 6.07 Å². The number of carbonyl (C=O) groups is 1. The van der Waals surface area contributed by atoms with Crippen LogP contribution in [-0.2, 0) is 4.79 Å². The molecule has 1 rings (SSSR count). The van der Waals surface area contributed by atoms with Crippen LogP contribution in [0.5, 0.6) is 0 Å². The van der Waals surface area contributed by atoms with Crippen molar-refractivity contribution in [1.82, 2.24) is 4.90 Å².